The number of benzene rings is 1. The van der Waals surface area contributed by atoms with E-state index in [9.17, 15) is 4.39 Å². The van der Waals surface area contributed by atoms with E-state index < -0.39 is 5.82 Å². The van der Waals surface area contributed by atoms with Crippen LogP contribution in [-0.4, -0.2) is 20.3 Å². The van der Waals surface area contributed by atoms with E-state index in [1.54, 1.807) is 6.07 Å². The average molecular weight is 229 g/mol. The highest BCUT2D eigenvalue weighted by Crippen LogP contribution is 2.40. The monoisotopic (exact) mass is 229 g/mol. The number of halogens is 1. The Bertz CT molecular complexity index is 397. The van der Waals surface area contributed by atoms with Crippen molar-refractivity contribution in [3.05, 3.63) is 17.4 Å². The van der Waals surface area contributed by atoms with E-state index in [0.717, 1.165) is 0 Å². The molecule has 6 heteroatoms. The zero-order valence-corrected chi connectivity index (χ0v) is 8.79. The number of ether oxygens (including phenoxy) is 3. The van der Waals surface area contributed by atoms with Gasteiger partial charge in [-0.05, 0) is 6.07 Å². The molecule has 0 aliphatic carbocycles. The minimum atomic E-state index is -0.591. The van der Waals surface area contributed by atoms with E-state index in [2.05, 4.69) is 4.84 Å². The van der Waals surface area contributed by atoms with Crippen LogP contribution in [0, 0.1) is 5.82 Å². The molecule has 1 aromatic carbocycles. The molecule has 2 rings (SSSR count). The normalized spacial score (nSPS) is 13.7. The maximum atomic E-state index is 13.9. The summed E-state index contributed by atoms with van der Waals surface area (Å²) < 4.78 is 29.3. The summed E-state index contributed by atoms with van der Waals surface area (Å²) in [6.45, 7) is 0.748. The first kappa shape index (κ1) is 11.0. The number of methoxy groups -OCH3 is 1. The summed E-state index contributed by atoms with van der Waals surface area (Å²) in [5.74, 6) is 4.85. The van der Waals surface area contributed by atoms with Crippen LogP contribution in [-0.2, 0) is 11.4 Å². The molecule has 5 nitrogen and oxygen atoms in total. The van der Waals surface area contributed by atoms with Crippen molar-refractivity contribution in [2.24, 2.45) is 5.90 Å². The average Bonchev–Trinajstić information content (AvgIpc) is 2.30. The molecule has 1 aliphatic heterocycles. The van der Waals surface area contributed by atoms with Crippen molar-refractivity contribution in [3.8, 4) is 17.2 Å². The molecule has 1 aliphatic rings. The molecule has 16 heavy (non-hydrogen) atoms. The molecule has 1 aromatic rings. The molecule has 0 radical (unpaired) electrons. The maximum absolute atomic E-state index is 13.9. The van der Waals surface area contributed by atoms with Crippen molar-refractivity contribution in [3.63, 3.8) is 0 Å². The van der Waals surface area contributed by atoms with Gasteiger partial charge in [-0.15, -0.1) is 0 Å². The Kier molecular flexibility index (Phi) is 3.12. The molecule has 0 amide bonds. The highest BCUT2D eigenvalue weighted by Gasteiger charge is 2.23. The lowest BCUT2D eigenvalue weighted by Crippen LogP contribution is -2.17. The Hall–Kier alpha value is -1.53. The fourth-order valence-electron chi connectivity index (χ4n) is 1.60. The van der Waals surface area contributed by atoms with Gasteiger partial charge in [-0.3, -0.25) is 4.84 Å². The molecule has 0 fully saturated rings. The number of hydrogen-bond acceptors (Lipinski definition) is 5. The van der Waals surface area contributed by atoms with Crippen molar-refractivity contribution < 1.29 is 23.4 Å². The molecule has 88 valence electrons. The summed E-state index contributed by atoms with van der Waals surface area (Å²) in [4.78, 5) is 4.47. The minimum absolute atomic E-state index is 0.0384. The molecule has 1 heterocycles. The van der Waals surface area contributed by atoms with Gasteiger partial charge in [-0.25, -0.2) is 5.90 Å². The highest BCUT2D eigenvalue weighted by atomic mass is 19.1. The molecule has 0 saturated carbocycles. The highest BCUT2D eigenvalue weighted by molar-refractivity contribution is 5.52. The topological polar surface area (TPSA) is 62.9 Å². The smallest absolute Gasteiger partial charge is 0.211 e. The Morgan fingerprint density at radius 1 is 1.44 bits per heavy atom. The zero-order chi connectivity index (χ0) is 11.5. The van der Waals surface area contributed by atoms with Crippen LogP contribution in [0.15, 0.2) is 6.07 Å². The fraction of sp³-hybridized carbons (Fsp3) is 0.400. The Balaban J connectivity index is 2.50. The third-order valence-electron chi connectivity index (χ3n) is 2.25. The largest absolute Gasteiger partial charge is 0.493 e. The van der Waals surface area contributed by atoms with Crippen LogP contribution < -0.4 is 20.1 Å². The summed E-state index contributed by atoms with van der Waals surface area (Å²) in [6, 6.07) is 1.60. The first-order chi connectivity index (χ1) is 7.77. The lowest BCUT2D eigenvalue weighted by atomic mass is 10.1. The Morgan fingerprint density at radius 2 is 2.19 bits per heavy atom. The minimum Gasteiger partial charge on any atom is -0.493 e. The van der Waals surface area contributed by atoms with Gasteiger partial charge in [-0.2, -0.15) is 4.39 Å². The van der Waals surface area contributed by atoms with Crippen LogP contribution in [0.1, 0.15) is 5.56 Å². The SMILES string of the molecule is COc1c(CON)cc2c(c1F)OCCO2. The van der Waals surface area contributed by atoms with Crippen LogP contribution >= 0.6 is 0 Å². The number of hydrogen-bond donors (Lipinski definition) is 1. The lowest BCUT2D eigenvalue weighted by molar-refractivity contribution is 0.119. The molecular weight excluding hydrogens is 217 g/mol. The summed E-state index contributed by atoms with van der Waals surface area (Å²) in [6.07, 6.45) is 0. The summed E-state index contributed by atoms with van der Waals surface area (Å²) in [7, 11) is 1.37. The second-order valence-corrected chi connectivity index (χ2v) is 3.22. The molecule has 0 atom stereocenters. The molecule has 0 aromatic heterocycles. The van der Waals surface area contributed by atoms with Gasteiger partial charge in [0.05, 0.1) is 13.7 Å². The zero-order valence-electron chi connectivity index (χ0n) is 8.79. The summed E-state index contributed by atoms with van der Waals surface area (Å²) >= 11 is 0. The number of nitrogens with two attached hydrogens (primary N) is 1. The first-order valence-electron chi connectivity index (χ1n) is 4.74. The third-order valence-corrected chi connectivity index (χ3v) is 2.25. The summed E-state index contributed by atoms with van der Waals surface area (Å²) in [5.41, 5.74) is 0.478. The molecular formula is C10H12FNO4. The Morgan fingerprint density at radius 3 is 2.88 bits per heavy atom. The van der Waals surface area contributed by atoms with E-state index >= 15 is 0 Å². The fourth-order valence-corrected chi connectivity index (χ4v) is 1.60. The van der Waals surface area contributed by atoms with Gasteiger partial charge in [0.2, 0.25) is 11.6 Å². The van der Waals surface area contributed by atoms with Crippen LogP contribution in [0.2, 0.25) is 0 Å². The van der Waals surface area contributed by atoms with Gasteiger partial charge >= 0.3 is 0 Å². The lowest BCUT2D eigenvalue weighted by Gasteiger charge is -2.21. The Labute approximate surface area is 91.8 Å². The van der Waals surface area contributed by atoms with Crippen molar-refractivity contribution >= 4 is 0 Å². The predicted octanol–water partition coefficient (Wildman–Crippen LogP) is 0.996. The van der Waals surface area contributed by atoms with Crippen LogP contribution in [0.25, 0.3) is 0 Å². The standard InChI is InChI=1S/C10H12FNO4/c1-13-9-6(5-16-12)4-7-10(8(9)11)15-3-2-14-7/h4H,2-3,5,12H2,1H3. The third kappa shape index (κ3) is 1.77. The van der Waals surface area contributed by atoms with Gasteiger partial charge in [0.25, 0.3) is 0 Å². The van der Waals surface area contributed by atoms with Gasteiger partial charge in [0.15, 0.2) is 11.5 Å². The number of rotatable bonds is 3. The van der Waals surface area contributed by atoms with E-state index in [4.69, 9.17) is 20.1 Å². The van der Waals surface area contributed by atoms with Gasteiger partial charge in [0.1, 0.15) is 13.2 Å². The second kappa shape index (κ2) is 4.54. The predicted molar refractivity (Wildman–Crippen MR) is 52.9 cm³/mol. The molecule has 0 bridgehead atoms. The van der Waals surface area contributed by atoms with E-state index in [0.29, 0.717) is 24.5 Å². The van der Waals surface area contributed by atoms with Crippen LogP contribution in [0.4, 0.5) is 4.39 Å². The van der Waals surface area contributed by atoms with Gasteiger partial charge in [0, 0.05) is 5.56 Å². The van der Waals surface area contributed by atoms with E-state index in [1.165, 1.54) is 7.11 Å². The van der Waals surface area contributed by atoms with E-state index in [1.807, 2.05) is 0 Å². The van der Waals surface area contributed by atoms with Crippen molar-refractivity contribution in [2.45, 2.75) is 6.61 Å². The van der Waals surface area contributed by atoms with Gasteiger partial charge in [-0.1, -0.05) is 0 Å². The molecule has 0 spiro atoms. The summed E-state index contributed by atoms with van der Waals surface area (Å²) in [5, 5.41) is 0. The number of fused-ring (bicyclic) bond motifs is 1. The molecule has 2 N–H and O–H groups in total. The van der Waals surface area contributed by atoms with Crippen molar-refractivity contribution in [2.75, 3.05) is 20.3 Å². The van der Waals surface area contributed by atoms with Crippen molar-refractivity contribution in [1.29, 1.82) is 0 Å². The van der Waals surface area contributed by atoms with Crippen LogP contribution in [0.3, 0.4) is 0 Å². The first-order valence-corrected chi connectivity index (χ1v) is 4.74. The molecule has 0 saturated heterocycles. The van der Waals surface area contributed by atoms with Gasteiger partial charge < -0.3 is 14.2 Å². The van der Waals surface area contributed by atoms with Crippen molar-refractivity contribution in [1.82, 2.24) is 0 Å². The quantitative estimate of drug-likeness (QED) is 0.783. The second-order valence-electron chi connectivity index (χ2n) is 3.22. The maximum Gasteiger partial charge on any atom is 0.211 e. The van der Waals surface area contributed by atoms with E-state index in [-0.39, 0.29) is 18.1 Å². The molecule has 0 unspecified atom stereocenters. The van der Waals surface area contributed by atoms with Crippen LogP contribution in [0.5, 0.6) is 17.2 Å².